The molecule has 19 heavy (non-hydrogen) atoms. The average molecular weight is 285 g/mol. The summed E-state index contributed by atoms with van der Waals surface area (Å²) in [4.78, 5) is 11.0. The molecule has 1 N–H and O–H groups in total. The van der Waals surface area contributed by atoms with E-state index in [9.17, 15) is 4.79 Å². The molecule has 0 bridgehead atoms. The zero-order valence-electron chi connectivity index (χ0n) is 11.2. The van der Waals surface area contributed by atoms with Crippen molar-refractivity contribution in [2.45, 2.75) is 26.7 Å². The maximum atomic E-state index is 11.0. The third kappa shape index (κ3) is 2.95. The SMILES string of the molecule is CC(C(=O)O)c1cc(Cl)c2c(c1)OCC(C)(C)CO2. The molecule has 0 aliphatic carbocycles. The molecule has 0 saturated carbocycles. The van der Waals surface area contributed by atoms with Gasteiger partial charge in [0.25, 0.3) is 0 Å². The number of ether oxygens (including phenoxy) is 2. The van der Waals surface area contributed by atoms with Crippen LogP contribution in [0.15, 0.2) is 12.1 Å². The van der Waals surface area contributed by atoms with E-state index in [2.05, 4.69) is 0 Å². The summed E-state index contributed by atoms with van der Waals surface area (Å²) in [5.74, 6) is -0.525. The zero-order valence-corrected chi connectivity index (χ0v) is 12.0. The van der Waals surface area contributed by atoms with Crippen LogP contribution in [0, 0.1) is 5.41 Å². The molecule has 0 saturated heterocycles. The van der Waals surface area contributed by atoms with Crippen LogP contribution in [-0.2, 0) is 4.79 Å². The molecule has 2 rings (SSSR count). The molecule has 1 unspecified atom stereocenters. The quantitative estimate of drug-likeness (QED) is 0.905. The summed E-state index contributed by atoms with van der Waals surface area (Å²) < 4.78 is 11.4. The van der Waals surface area contributed by atoms with Crippen molar-refractivity contribution in [2.75, 3.05) is 13.2 Å². The number of carboxylic acids is 1. The van der Waals surface area contributed by atoms with Crippen molar-refractivity contribution in [2.24, 2.45) is 5.41 Å². The van der Waals surface area contributed by atoms with Crippen molar-refractivity contribution in [3.05, 3.63) is 22.7 Å². The van der Waals surface area contributed by atoms with Gasteiger partial charge in [0.15, 0.2) is 11.5 Å². The Labute approximate surface area is 117 Å². The number of benzene rings is 1. The largest absolute Gasteiger partial charge is 0.489 e. The Morgan fingerprint density at radius 2 is 2.00 bits per heavy atom. The number of halogens is 1. The number of fused-ring (bicyclic) bond motifs is 1. The highest BCUT2D eigenvalue weighted by molar-refractivity contribution is 6.32. The fraction of sp³-hybridized carbons (Fsp3) is 0.500. The molecule has 1 aliphatic rings. The highest BCUT2D eigenvalue weighted by atomic mass is 35.5. The molecule has 4 nitrogen and oxygen atoms in total. The first-order chi connectivity index (χ1) is 8.80. The number of rotatable bonds is 2. The second-order valence-electron chi connectivity index (χ2n) is 5.63. The first-order valence-corrected chi connectivity index (χ1v) is 6.50. The summed E-state index contributed by atoms with van der Waals surface area (Å²) in [6.07, 6.45) is 0. The fourth-order valence-electron chi connectivity index (χ4n) is 1.81. The van der Waals surface area contributed by atoms with Gasteiger partial charge in [-0.3, -0.25) is 4.79 Å². The zero-order chi connectivity index (χ0) is 14.2. The lowest BCUT2D eigenvalue weighted by atomic mass is 9.97. The Morgan fingerprint density at radius 1 is 1.37 bits per heavy atom. The topological polar surface area (TPSA) is 55.8 Å². The van der Waals surface area contributed by atoms with Crippen LogP contribution in [0.25, 0.3) is 0 Å². The van der Waals surface area contributed by atoms with Gasteiger partial charge in [-0.15, -0.1) is 0 Å². The summed E-state index contributed by atoms with van der Waals surface area (Å²) in [7, 11) is 0. The van der Waals surface area contributed by atoms with Gasteiger partial charge in [-0.25, -0.2) is 0 Å². The first-order valence-electron chi connectivity index (χ1n) is 6.12. The van der Waals surface area contributed by atoms with E-state index in [1.165, 1.54) is 0 Å². The van der Waals surface area contributed by atoms with Gasteiger partial charge in [-0.1, -0.05) is 25.4 Å². The highest BCUT2D eigenvalue weighted by Crippen LogP contribution is 2.41. The Balaban J connectivity index is 2.39. The summed E-state index contributed by atoms with van der Waals surface area (Å²) in [5.41, 5.74) is 0.501. The van der Waals surface area contributed by atoms with Crippen LogP contribution >= 0.6 is 11.6 Å². The van der Waals surface area contributed by atoms with Crippen molar-refractivity contribution in [1.29, 1.82) is 0 Å². The summed E-state index contributed by atoms with van der Waals surface area (Å²) >= 11 is 6.16. The van der Waals surface area contributed by atoms with Crippen LogP contribution in [0.4, 0.5) is 0 Å². The van der Waals surface area contributed by atoms with Crippen LogP contribution in [0.1, 0.15) is 32.3 Å². The second-order valence-corrected chi connectivity index (χ2v) is 6.04. The molecule has 1 aliphatic heterocycles. The molecule has 1 aromatic rings. The van der Waals surface area contributed by atoms with Crippen LogP contribution in [-0.4, -0.2) is 24.3 Å². The predicted molar refractivity (Wildman–Crippen MR) is 72.3 cm³/mol. The number of hydrogen-bond acceptors (Lipinski definition) is 3. The Kier molecular flexibility index (Phi) is 3.63. The third-order valence-electron chi connectivity index (χ3n) is 3.13. The van der Waals surface area contributed by atoms with E-state index in [1.807, 2.05) is 13.8 Å². The molecule has 1 heterocycles. The molecule has 0 amide bonds. The van der Waals surface area contributed by atoms with E-state index >= 15 is 0 Å². The van der Waals surface area contributed by atoms with Gasteiger partial charge < -0.3 is 14.6 Å². The molecule has 5 heteroatoms. The highest BCUT2D eigenvalue weighted by Gasteiger charge is 2.28. The van der Waals surface area contributed by atoms with Crippen molar-refractivity contribution in [3.63, 3.8) is 0 Å². The average Bonchev–Trinajstić information content (AvgIpc) is 2.48. The molecule has 0 aromatic heterocycles. The molecule has 0 fully saturated rings. The summed E-state index contributed by atoms with van der Waals surface area (Å²) in [6, 6.07) is 3.32. The molecule has 104 valence electrons. The fourth-order valence-corrected chi connectivity index (χ4v) is 2.08. The number of carboxylic acid groups (broad SMARTS) is 1. The van der Waals surface area contributed by atoms with Gasteiger partial charge in [0, 0.05) is 5.41 Å². The van der Waals surface area contributed by atoms with Crippen LogP contribution < -0.4 is 9.47 Å². The van der Waals surface area contributed by atoms with E-state index in [0.717, 1.165) is 0 Å². The monoisotopic (exact) mass is 284 g/mol. The maximum absolute atomic E-state index is 11.0. The lowest BCUT2D eigenvalue weighted by molar-refractivity contribution is -0.138. The van der Waals surface area contributed by atoms with Crippen LogP contribution in [0.5, 0.6) is 11.5 Å². The van der Waals surface area contributed by atoms with E-state index in [1.54, 1.807) is 19.1 Å². The van der Waals surface area contributed by atoms with Crippen molar-refractivity contribution < 1.29 is 19.4 Å². The molecular formula is C14H17ClO4. The smallest absolute Gasteiger partial charge is 0.310 e. The first kappa shape index (κ1) is 14.0. The Morgan fingerprint density at radius 3 is 2.63 bits per heavy atom. The molecular weight excluding hydrogens is 268 g/mol. The van der Waals surface area contributed by atoms with Crippen molar-refractivity contribution in [1.82, 2.24) is 0 Å². The van der Waals surface area contributed by atoms with E-state index in [0.29, 0.717) is 35.3 Å². The predicted octanol–water partition coefficient (Wildman–Crippen LogP) is 3.33. The Hall–Kier alpha value is -1.42. The third-order valence-corrected chi connectivity index (χ3v) is 3.41. The molecule has 0 radical (unpaired) electrons. The number of aliphatic carboxylic acids is 1. The Bertz CT molecular complexity index is 510. The van der Waals surface area contributed by atoms with Gasteiger partial charge in [-0.2, -0.15) is 0 Å². The van der Waals surface area contributed by atoms with Gasteiger partial charge in [0.2, 0.25) is 0 Å². The van der Waals surface area contributed by atoms with E-state index in [-0.39, 0.29) is 5.41 Å². The normalized spacial score (nSPS) is 18.5. The molecule has 1 aromatic carbocycles. The lowest BCUT2D eigenvalue weighted by Gasteiger charge is -2.19. The minimum absolute atomic E-state index is 0.110. The second kappa shape index (κ2) is 4.93. The lowest BCUT2D eigenvalue weighted by Crippen LogP contribution is -2.26. The molecule has 0 spiro atoms. The molecule has 1 atom stereocenters. The van der Waals surface area contributed by atoms with Gasteiger partial charge >= 0.3 is 5.97 Å². The standard InChI is InChI=1S/C14H17ClO4/c1-8(13(16)17)9-4-10(15)12-11(5-9)18-6-14(2,3)7-19-12/h4-5,8H,6-7H2,1-3H3,(H,16,17). The maximum Gasteiger partial charge on any atom is 0.310 e. The van der Waals surface area contributed by atoms with Gasteiger partial charge in [0.1, 0.15) is 0 Å². The summed E-state index contributed by atoms with van der Waals surface area (Å²) in [6.45, 7) is 6.69. The number of hydrogen-bond donors (Lipinski definition) is 1. The van der Waals surface area contributed by atoms with Crippen molar-refractivity contribution >= 4 is 17.6 Å². The van der Waals surface area contributed by atoms with Gasteiger partial charge in [-0.05, 0) is 24.6 Å². The van der Waals surface area contributed by atoms with Crippen molar-refractivity contribution in [3.8, 4) is 11.5 Å². The van der Waals surface area contributed by atoms with Crippen LogP contribution in [0.3, 0.4) is 0 Å². The van der Waals surface area contributed by atoms with E-state index < -0.39 is 11.9 Å². The van der Waals surface area contributed by atoms with Crippen LogP contribution in [0.2, 0.25) is 5.02 Å². The van der Waals surface area contributed by atoms with Gasteiger partial charge in [0.05, 0.1) is 24.2 Å². The minimum atomic E-state index is -0.897. The number of carbonyl (C=O) groups is 1. The summed E-state index contributed by atoms with van der Waals surface area (Å²) in [5, 5.41) is 9.44. The van der Waals surface area contributed by atoms with E-state index in [4.69, 9.17) is 26.2 Å². The minimum Gasteiger partial charge on any atom is -0.489 e.